The zero-order valence-corrected chi connectivity index (χ0v) is 16.2. The number of carbonyl (C=O) groups is 1. The molecule has 8 nitrogen and oxygen atoms in total. The number of hydrogen-bond acceptors (Lipinski definition) is 6. The van der Waals surface area contributed by atoms with Crippen molar-refractivity contribution in [2.45, 2.75) is 24.3 Å². The maximum atomic E-state index is 12.7. The Balaban J connectivity index is 1.63. The minimum absolute atomic E-state index is 0.162. The highest BCUT2D eigenvalue weighted by Gasteiger charge is 2.30. The number of carbonyl (C=O) groups excluding carboxylic acids is 1. The lowest BCUT2D eigenvalue weighted by Gasteiger charge is -2.13. The van der Waals surface area contributed by atoms with E-state index in [1.807, 2.05) is 36.4 Å². The molecule has 3 aromatic rings. The van der Waals surface area contributed by atoms with Crippen LogP contribution in [0.1, 0.15) is 18.3 Å². The highest BCUT2D eigenvalue weighted by atomic mass is 32.2. The van der Waals surface area contributed by atoms with Crippen LogP contribution < -0.4 is 5.32 Å². The first-order valence-corrected chi connectivity index (χ1v) is 10.5. The molecule has 0 radical (unpaired) electrons. The van der Waals surface area contributed by atoms with Gasteiger partial charge in [-0.05, 0) is 41.5 Å². The molecule has 3 rings (SSSR count). The fourth-order valence-corrected chi connectivity index (χ4v) is 3.85. The van der Waals surface area contributed by atoms with Crippen LogP contribution in [0.4, 0.5) is 0 Å². The first-order chi connectivity index (χ1) is 13.5. The molecule has 28 heavy (non-hydrogen) atoms. The van der Waals surface area contributed by atoms with Crippen LogP contribution in [0.3, 0.4) is 0 Å². The van der Waals surface area contributed by atoms with Gasteiger partial charge in [-0.2, -0.15) is 4.68 Å². The highest BCUT2D eigenvalue weighted by Crippen LogP contribution is 2.13. The number of nitrogens with zero attached hydrogens (tertiary/aromatic N) is 4. The smallest absolute Gasteiger partial charge is 0.238 e. The third-order valence-corrected chi connectivity index (χ3v) is 6.28. The maximum absolute atomic E-state index is 12.7. The Hall–Kier alpha value is -3.07. The fourth-order valence-electron chi connectivity index (χ4n) is 2.65. The summed E-state index contributed by atoms with van der Waals surface area (Å²) in [5.41, 5.74) is 1.72. The van der Waals surface area contributed by atoms with Crippen LogP contribution in [0.15, 0.2) is 60.7 Å². The topological polar surface area (TPSA) is 107 Å². The highest BCUT2D eigenvalue weighted by molar-refractivity contribution is 7.92. The molecule has 2 aromatic carbocycles. The molecule has 1 atom stereocenters. The van der Waals surface area contributed by atoms with E-state index < -0.39 is 26.7 Å². The molecule has 0 fully saturated rings. The van der Waals surface area contributed by atoms with Crippen molar-refractivity contribution in [1.29, 1.82) is 0 Å². The number of benzene rings is 2. The number of rotatable bonds is 8. The van der Waals surface area contributed by atoms with Crippen molar-refractivity contribution in [3.63, 3.8) is 0 Å². The molecule has 0 aliphatic heterocycles. The Morgan fingerprint density at radius 1 is 1.07 bits per heavy atom. The van der Waals surface area contributed by atoms with E-state index in [4.69, 9.17) is 0 Å². The zero-order valence-electron chi connectivity index (χ0n) is 15.4. The third-order valence-electron chi connectivity index (χ3n) is 4.33. The lowest BCUT2D eigenvalue weighted by Crippen LogP contribution is -2.39. The predicted octanol–water partition coefficient (Wildman–Crippen LogP) is 1.32. The van der Waals surface area contributed by atoms with Crippen LogP contribution in [0.5, 0.6) is 0 Å². The normalized spacial score (nSPS) is 12.5. The Kier molecular flexibility index (Phi) is 6.15. The van der Waals surface area contributed by atoms with E-state index >= 15 is 0 Å². The molecule has 0 saturated heterocycles. The van der Waals surface area contributed by atoms with Gasteiger partial charge in [0.15, 0.2) is 15.7 Å². The van der Waals surface area contributed by atoms with Gasteiger partial charge in [0.1, 0.15) is 11.0 Å². The summed E-state index contributed by atoms with van der Waals surface area (Å²) in [6, 6.07) is 18.6. The minimum atomic E-state index is -3.78. The summed E-state index contributed by atoms with van der Waals surface area (Å²) in [7, 11) is -3.78. The molecule has 0 aliphatic rings. The van der Waals surface area contributed by atoms with Crippen molar-refractivity contribution in [2.24, 2.45) is 0 Å². The van der Waals surface area contributed by atoms with Crippen molar-refractivity contribution < 1.29 is 13.2 Å². The van der Waals surface area contributed by atoms with Crippen LogP contribution >= 0.6 is 0 Å². The molecule has 0 spiro atoms. The van der Waals surface area contributed by atoms with Crippen LogP contribution in [-0.4, -0.2) is 46.3 Å². The van der Waals surface area contributed by atoms with Gasteiger partial charge in [-0.3, -0.25) is 4.79 Å². The predicted molar refractivity (Wildman–Crippen MR) is 104 cm³/mol. The SMILES string of the molecule is CC(C(=O)NCCc1ccccc1)S(=O)(=O)Cc1nnnn1-c1ccccc1. The standard InChI is InChI=1S/C19H21N5O3S/c1-15(19(25)20-13-12-16-8-4-2-5-9-16)28(26,27)14-18-21-22-23-24(18)17-10-6-3-7-11-17/h2-11,15H,12-14H2,1H3,(H,20,25). The van der Waals surface area contributed by atoms with Crippen molar-refractivity contribution in [2.75, 3.05) is 6.54 Å². The molecule has 1 heterocycles. The molecule has 1 amide bonds. The molecule has 9 heteroatoms. The number of nitrogens with one attached hydrogen (secondary N) is 1. The number of aromatic nitrogens is 4. The second-order valence-corrected chi connectivity index (χ2v) is 8.64. The summed E-state index contributed by atoms with van der Waals surface area (Å²) in [6.07, 6.45) is 0.631. The summed E-state index contributed by atoms with van der Waals surface area (Å²) in [5.74, 6) is -0.799. The summed E-state index contributed by atoms with van der Waals surface area (Å²) in [4.78, 5) is 12.3. The van der Waals surface area contributed by atoms with Gasteiger partial charge in [-0.15, -0.1) is 5.10 Å². The van der Waals surface area contributed by atoms with E-state index in [0.717, 1.165) is 5.56 Å². The first kappa shape index (κ1) is 19.7. The molecular weight excluding hydrogens is 378 g/mol. The van der Waals surface area contributed by atoms with E-state index in [1.54, 1.807) is 24.3 Å². The van der Waals surface area contributed by atoms with Crippen molar-refractivity contribution in [3.05, 3.63) is 72.1 Å². The number of amides is 1. The van der Waals surface area contributed by atoms with Crippen LogP contribution in [0.25, 0.3) is 5.69 Å². The van der Waals surface area contributed by atoms with Gasteiger partial charge in [0.25, 0.3) is 0 Å². The molecule has 0 bridgehead atoms. The molecular formula is C19H21N5O3S. The van der Waals surface area contributed by atoms with Crippen molar-refractivity contribution in [3.8, 4) is 5.69 Å². The first-order valence-electron chi connectivity index (χ1n) is 8.83. The molecule has 1 aromatic heterocycles. The Morgan fingerprint density at radius 3 is 2.39 bits per heavy atom. The average molecular weight is 399 g/mol. The second kappa shape index (κ2) is 8.75. The van der Waals surface area contributed by atoms with Gasteiger partial charge in [0.2, 0.25) is 5.91 Å². The van der Waals surface area contributed by atoms with E-state index in [9.17, 15) is 13.2 Å². The Bertz CT molecular complexity index is 1020. The average Bonchev–Trinajstić information content (AvgIpc) is 3.16. The molecule has 1 N–H and O–H groups in total. The molecule has 0 aliphatic carbocycles. The Morgan fingerprint density at radius 2 is 1.71 bits per heavy atom. The second-order valence-electron chi connectivity index (χ2n) is 6.32. The van der Waals surface area contributed by atoms with Gasteiger partial charge in [0.05, 0.1) is 5.69 Å². The van der Waals surface area contributed by atoms with Gasteiger partial charge >= 0.3 is 0 Å². The third kappa shape index (κ3) is 4.80. The number of hydrogen-bond donors (Lipinski definition) is 1. The van der Waals surface area contributed by atoms with Crippen LogP contribution in [0, 0.1) is 0 Å². The summed E-state index contributed by atoms with van der Waals surface area (Å²) >= 11 is 0. The number of sulfone groups is 1. The van der Waals surface area contributed by atoms with Gasteiger partial charge in [-0.25, -0.2) is 8.42 Å². The van der Waals surface area contributed by atoms with E-state index in [1.165, 1.54) is 11.6 Å². The minimum Gasteiger partial charge on any atom is -0.355 e. The summed E-state index contributed by atoms with van der Waals surface area (Å²) in [6.45, 7) is 1.74. The lowest BCUT2D eigenvalue weighted by atomic mass is 10.1. The molecule has 146 valence electrons. The van der Waals surface area contributed by atoms with Gasteiger partial charge < -0.3 is 5.32 Å². The van der Waals surface area contributed by atoms with Gasteiger partial charge in [-0.1, -0.05) is 48.5 Å². The van der Waals surface area contributed by atoms with E-state index in [-0.39, 0.29) is 5.82 Å². The van der Waals surface area contributed by atoms with Crippen molar-refractivity contribution >= 4 is 15.7 Å². The lowest BCUT2D eigenvalue weighted by molar-refractivity contribution is -0.120. The number of para-hydroxylation sites is 1. The fraction of sp³-hybridized carbons (Fsp3) is 0.263. The van der Waals surface area contributed by atoms with E-state index in [2.05, 4.69) is 20.8 Å². The monoisotopic (exact) mass is 399 g/mol. The quantitative estimate of drug-likeness (QED) is 0.612. The molecule has 1 unspecified atom stereocenters. The maximum Gasteiger partial charge on any atom is 0.238 e. The summed E-state index contributed by atoms with van der Waals surface area (Å²) < 4.78 is 26.7. The van der Waals surface area contributed by atoms with Gasteiger partial charge in [0, 0.05) is 6.54 Å². The number of tetrazole rings is 1. The van der Waals surface area contributed by atoms with Crippen LogP contribution in [0.2, 0.25) is 0 Å². The summed E-state index contributed by atoms with van der Waals surface area (Å²) in [5, 5.41) is 12.7. The Labute approximate surface area is 163 Å². The van der Waals surface area contributed by atoms with Crippen LogP contribution in [-0.2, 0) is 26.8 Å². The zero-order chi connectivity index (χ0) is 20.0. The van der Waals surface area contributed by atoms with E-state index in [0.29, 0.717) is 18.7 Å². The van der Waals surface area contributed by atoms with Crippen molar-refractivity contribution in [1.82, 2.24) is 25.5 Å². The largest absolute Gasteiger partial charge is 0.355 e. The molecule has 0 saturated carbocycles.